The van der Waals surface area contributed by atoms with Gasteiger partial charge in [0.05, 0.1) is 12.6 Å². The lowest BCUT2D eigenvalue weighted by Gasteiger charge is -2.51. The zero-order valence-electron chi connectivity index (χ0n) is 12.5. The molecule has 1 heterocycles. The highest BCUT2D eigenvalue weighted by Crippen LogP contribution is 2.42. The molecule has 2 N–H and O–H groups in total. The molecule has 0 aliphatic heterocycles. The lowest BCUT2D eigenvalue weighted by molar-refractivity contribution is -0.114. The van der Waals surface area contributed by atoms with Crippen molar-refractivity contribution in [2.24, 2.45) is 5.41 Å². The van der Waals surface area contributed by atoms with Gasteiger partial charge in [-0.3, -0.25) is 0 Å². The maximum atomic E-state index is 10.9. The van der Waals surface area contributed by atoms with Gasteiger partial charge in [-0.2, -0.15) is 0 Å². The first kappa shape index (κ1) is 15.1. The molecule has 0 spiro atoms. The molecule has 0 amide bonds. The fraction of sp³-hybridized carbons (Fsp3) is 0.667. The predicted molar refractivity (Wildman–Crippen MR) is 74.8 cm³/mol. The molecule has 1 aromatic heterocycles. The summed E-state index contributed by atoms with van der Waals surface area (Å²) in [5.41, 5.74) is 0.752. The zero-order chi connectivity index (χ0) is 14.9. The molecule has 0 saturated heterocycles. The fourth-order valence-electron chi connectivity index (χ4n) is 2.79. The third kappa shape index (κ3) is 2.74. The molecule has 20 heavy (non-hydrogen) atoms. The van der Waals surface area contributed by atoms with E-state index in [4.69, 9.17) is 14.3 Å². The first-order valence-electron chi connectivity index (χ1n) is 7.03. The first-order valence-corrected chi connectivity index (χ1v) is 7.03. The van der Waals surface area contributed by atoms with E-state index in [2.05, 4.69) is 19.2 Å². The van der Waals surface area contributed by atoms with Crippen molar-refractivity contribution in [3.63, 3.8) is 0 Å². The molecule has 0 aromatic carbocycles. The van der Waals surface area contributed by atoms with Crippen LogP contribution in [0.25, 0.3) is 0 Å². The van der Waals surface area contributed by atoms with Gasteiger partial charge < -0.3 is 19.6 Å². The summed E-state index contributed by atoms with van der Waals surface area (Å²) in [6, 6.07) is 2.14. The van der Waals surface area contributed by atoms with E-state index in [1.165, 1.54) is 0 Å². The molecule has 0 bridgehead atoms. The number of carboxylic acids is 1. The van der Waals surface area contributed by atoms with Crippen molar-refractivity contribution >= 4 is 5.97 Å². The van der Waals surface area contributed by atoms with Gasteiger partial charge in [-0.15, -0.1) is 0 Å². The summed E-state index contributed by atoms with van der Waals surface area (Å²) >= 11 is 0. The second kappa shape index (κ2) is 5.58. The smallest absolute Gasteiger partial charge is 0.372 e. The van der Waals surface area contributed by atoms with E-state index in [-0.39, 0.29) is 17.3 Å². The number of carbonyl (C=O) groups is 1. The quantitative estimate of drug-likeness (QED) is 0.838. The molecule has 1 saturated carbocycles. The SMILES string of the molecule is CCOC1CC(NCc2cc(C)c(C(=O)O)o2)C1(C)C. The van der Waals surface area contributed by atoms with E-state index >= 15 is 0 Å². The van der Waals surface area contributed by atoms with Crippen molar-refractivity contribution in [3.8, 4) is 0 Å². The largest absolute Gasteiger partial charge is 0.475 e. The number of nitrogens with one attached hydrogen (secondary N) is 1. The molecular formula is C15H23NO4. The number of aryl methyl sites for hydroxylation is 1. The predicted octanol–water partition coefficient (Wildman–Crippen LogP) is 2.58. The molecule has 5 nitrogen and oxygen atoms in total. The van der Waals surface area contributed by atoms with Crippen LogP contribution in [-0.2, 0) is 11.3 Å². The second-order valence-corrected chi connectivity index (χ2v) is 5.96. The minimum absolute atomic E-state index is 0.0295. The van der Waals surface area contributed by atoms with E-state index in [0.717, 1.165) is 13.0 Å². The highest BCUT2D eigenvalue weighted by atomic mass is 16.5. The Morgan fingerprint density at radius 3 is 2.80 bits per heavy atom. The summed E-state index contributed by atoms with van der Waals surface area (Å²) in [7, 11) is 0. The van der Waals surface area contributed by atoms with Crippen molar-refractivity contribution in [1.82, 2.24) is 5.32 Å². The zero-order valence-corrected chi connectivity index (χ0v) is 12.5. The number of aromatic carboxylic acids is 1. The molecule has 2 unspecified atom stereocenters. The number of hydrogen-bond donors (Lipinski definition) is 2. The lowest BCUT2D eigenvalue weighted by atomic mass is 9.64. The molecule has 1 aromatic rings. The maximum absolute atomic E-state index is 10.9. The average molecular weight is 281 g/mol. The molecule has 5 heteroatoms. The number of rotatable bonds is 6. The van der Waals surface area contributed by atoms with Crippen LogP contribution in [0, 0.1) is 12.3 Å². The third-order valence-corrected chi connectivity index (χ3v) is 4.23. The summed E-state index contributed by atoms with van der Waals surface area (Å²) in [6.45, 7) is 9.40. The van der Waals surface area contributed by atoms with Crippen molar-refractivity contribution in [2.75, 3.05) is 6.61 Å². The van der Waals surface area contributed by atoms with Gasteiger partial charge in [-0.25, -0.2) is 4.79 Å². The van der Waals surface area contributed by atoms with E-state index in [9.17, 15) is 4.79 Å². The average Bonchev–Trinajstić information content (AvgIpc) is 2.74. The van der Waals surface area contributed by atoms with Crippen LogP contribution in [0.4, 0.5) is 0 Å². The van der Waals surface area contributed by atoms with E-state index < -0.39 is 5.97 Å². The first-order chi connectivity index (χ1) is 9.36. The lowest BCUT2D eigenvalue weighted by Crippen LogP contribution is -2.60. The highest BCUT2D eigenvalue weighted by molar-refractivity contribution is 5.86. The molecule has 112 valence electrons. The van der Waals surface area contributed by atoms with Crippen LogP contribution in [-0.4, -0.2) is 29.8 Å². The van der Waals surface area contributed by atoms with Crippen LogP contribution in [0.1, 0.15) is 49.1 Å². The molecule has 2 atom stereocenters. The van der Waals surface area contributed by atoms with Gasteiger partial charge in [0.1, 0.15) is 5.76 Å². The molecule has 1 fully saturated rings. The summed E-state index contributed by atoms with van der Waals surface area (Å²) < 4.78 is 11.0. The summed E-state index contributed by atoms with van der Waals surface area (Å²) in [6.07, 6.45) is 1.27. The van der Waals surface area contributed by atoms with Crippen LogP contribution >= 0.6 is 0 Å². The number of ether oxygens (including phenoxy) is 1. The topological polar surface area (TPSA) is 71.7 Å². The number of hydrogen-bond acceptors (Lipinski definition) is 4. The number of carboxylic acid groups (broad SMARTS) is 1. The van der Waals surface area contributed by atoms with E-state index in [1.54, 1.807) is 13.0 Å². The minimum atomic E-state index is -1.02. The monoisotopic (exact) mass is 281 g/mol. The summed E-state index contributed by atoms with van der Waals surface area (Å²) in [4.78, 5) is 10.9. The van der Waals surface area contributed by atoms with E-state index in [1.807, 2.05) is 6.92 Å². The number of furan rings is 1. The van der Waals surface area contributed by atoms with Crippen LogP contribution in [0.3, 0.4) is 0 Å². The summed E-state index contributed by atoms with van der Waals surface area (Å²) in [5, 5.41) is 12.4. The summed E-state index contributed by atoms with van der Waals surface area (Å²) in [5.74, 6) is -0.327. The Kier molecular flexibility index (Phi) is 4.20. The van der Waals surface area contributed by atoms with Gasteiger partial charge in [0, 0.05) is 23.6 Å². The van der Waals surface area contributed by atoms with Gasteiger partial charge in [0.15, 0.2) is 0 Å². The minimum Gasteiger partial charge on any atom is -0.475 e. The molecule has 2 rings (SSSR count). The van der Waals surface area contributed by atoms with Crippen molar-refractivity contribution in [2.45, 2.75) is 52.8 Å². The van der Waals surface area contributed by atoms with Gasteiger partial charge in [0.2, 0.25) is 5.76 Å². The van der Waals surface area contributed by atoms with Crippen LogP contribution in [0.15, 0.2) is 10.5 Å². The highest BCUT2D eigenvalue weighted by Gasteiger charge is 2.48. The van der Waals surface area contributed by atoms with Gasteiger partial charge in [-0.05, 0) is 26.3 Å². The van der Waals surface area contributed by atoms with Crippen LogP contribution in [0.5, 0.6) is 0 Å². The standard InChI is InChI=1S/C15H23NO4/c1-5-19-12-7-11(15(12,3)4)16-8-10-6-9(2)13(20-10)14(17)18/h6,11-12,16H,5,7-8H2,1-4H3,(H,17,18). The van der Waals surface area contributed by atoms with Crippen molar-refractivity contribution in [3.05, 3.63) is 23.2 Å². The Labute approximate surface area is 119 Å². The van der Waals surface area contributed by atoms with Crippen LogP contribution < -0.4 is 5.32 Å². The third-order valence-electron chi connectivity index (χ3n) is 4.23. The maximum Gasteiger partial charge on any atom is 0.372 e. The second-order valence-electron chi connectivity index (χ2n) is 5.96. The normalized spacial score (nSPS) is 24.4. The molecule has 1 aliphatic carbocycles. The van der Waals surface area contributed by atoms with E-state index in [0.29, 0.717) is 23.9 Å². The Hall–Kier alpha value is -1.33. The fourth-order valence-corrected chi connectivity index (χ4v) is 2.79. The van der Waals surface area contributed by atoms with Crippen molar-refractivity contribution < 1.29 is 19.1 Å². The van der Waals surface area contributed by atoms with Gasteiger partial charge in [0.25, 0.3) is 0 Å². The van der Waals surface area contributed by atoms with Gasteiger partial charge >= 0.3 is 5.97 Å². The Morgan fingerprint density at radius 1 is 1.60 bits per heavy atom. The van der Waals surface area contributed by atoms with Crippen LogP contribution in [0.2, 0.25) is 0 Å². The Morgan fingerprint density at radius 2 is 2.30 bits per heavy atom. The molecular weight excluding hydrogens is 258 g/mol. The molecule has 1 aliphatic rings. The Balaban J connectivity index is 1.91. The Bertz CT molecular complexity index is 492. The van der Waals surface area contributed by atoms with Gasteiger partial charge in [-0.1, -0.05) is 13.8 Å². The molecule has 0 radical (unpaired) electrons. The van der Waals surface area contributed by atoms with Crippen molar-refractivity contribution in [1.29, 1.82) is 0 Å².